The first-order chi connectivity index (χ1) is 8.08. The highest BCUT2D eigenvalue weighted by molar-refractivity contribution is 7.99. The number of hydrogen-bond acceptors (Lipinski definition) is 3. The number of imidazole rings is 1. The zero-order chi connectivity index (χ0) is 12.6. The standard InChI is InChI=1S/C11H18N4S2/c1-5-8-9-10(14(3)13-8)15(11(16)12-9)6-7(2)17-4/h7H,5-6H2,1-4H3,(H,12,16). The quantitative estimate of drug-likeness (QED) is 0.868. The number of H-pyrrole nitrogens is 1. The van der Waals surface area contributed by atoms with Crippen LogP contribution in [0.5, 0.6) is 0 Å². The molecule has 2 aromatic rings. The van der Waals surface area contributed by atoms with E-state index in [0.29, 0.717) is 5.25 Å². The van der Waals surface area contributed by atoms with Crippen LogP contribution in [0.25, 0.3) is 11.2 Å². The molecule has 0 saturated heterocycles. The maximum atomic E-state index is 5.40. The highest BCUT2D eigenvalue weighted by Crippen LogP contribution is 2.20. The molecule has 0 aliphatic heterocycles. The van der Waals surface area contributed by atoms with Gasteiger partial charge in [0.2, 0.25) is 0 Å². The molecule has 0 bridgehead atoms. The average Bonchev–Trinajstić information content (AvgIpc) is 2.78. The van der Waals surface area contributed by atoms with Gasteiger partial charge in [-0.25, -0.2) is 0 Å². The van der Waals surface area contributed by atoms with Crippen LogP contribution in [-0.2, 0) is 20.0 Å². The maximum absolute atomic E-state index is 5.40. The molecule has 17 heavy (non-hydrogen) atoms. The van der Waals surface area contributed by atoms with Crippen molar-refractivity contribution in [1.82, 2.24) is 19.3 Å². The largest absolute Gasteiger partial charge is 0.328 e. The molecule has 1 unspecified atom stereocenters. The summed E-state index contributed by atoms with van der Waals surface area (Å²) in [5.74, 6) is 0. The van der Waals surface area contributed by atoms with E-state index in [1.165, 1.54) is 0 Å². The molecule has 2 rings (SSSR count). The molecular formula is C11H18N4S2. The molecule has 1 atom stereocenters. The van der Waals surface area contributed by atoms with Crippen molar-refractivity contribution >= 4 is 35.1 Å². The molecule has 0 amide bonds. The summed E-state index contributed by atoms with van der Waals surface area (Å²) in [6.45, 7) is 5.24. The number of thioether (sulfide) groups is 1. The summed E-state index contributed by atoms with van der Waals surface area (Å²) in [4.78, 5) is 3.28. The Hall–Kier alpha value is -0.750. The van der Waals surface area contributed by atoms with Crippen molar-refractivity contribution < 1.29 is 0 Å². The molecule has 0 saturated carbocycles. The highest BCUT2D eigenvalue weighted by Gasteiger charge is 2.15. The predicted octanol–water partition coefficient (Wildman–Crippen LogP) is 2.75. The summed E-state index contributed by atoms with van der Waals surface area (Å²) in [6, 6.07) is 0. The third kappa shape index (κ3) is 2.15. The first-order valence-corrected chi connectivity index (χ1v) is 7.45. The second kappa shape index (κ2) is 4.86. The summed E-state index contributed by atoms with van der Waals surface area (Å²) >= 11 is 7.25. The monoisotopic (exact) mass is 270 g/mol. The fraction of sp³-hybridized carbons (Fsp3) is 0.636. The summed E-state index contributed by atoms with van der Waals surface area (Å²) in [7, 11) is 1.98. The van der Waals surface area contributed by atoms with Gasteiger partial charge in [-0.3, -0.25) is 4.68 Å². The van der Waals surface area contributed by atoms with Gasteiger partial charge in [-0.05, 0) is 24.9 Å². The molecule has 0 fully saturated rings. The lowest BCUT2D eigenvalue weighted by Gasteiger charge is -2.09. The minimum absolute atomic E-state index is 0.542. The summed E-state index contributed by atoms with van der Waals surface area (Å²) in [5.41, 5.74) is 3.28. The van der Waals surface area contributed by atoms with Crippen LogP contribution in [0, 0.1) is 4.77 Å². The lowest BCUT2D eigenvalue weighted by Crippen LogP contribution is -2.11. The Balaban J connectivity index is 2.58. The van der Waals surface area contributed by atoms with Gasteiger partial charge in [-0.1, -0.05) is 13.8 Å². The van der Waals surface area contributed by atoms with Crippen molar-refractivity contribution in [1.29, 1.82) is 0 Å². The zero-order valence-electron chi connectivity index (χ0n) is 10.6. The van der Waals surface area contributed by atoms with E-state index in [4.69, 9.17) is 12.2 Å². The van der Waals surface area contributed by atoms with Crippen molar-refractivity contribution in [2.24, 2.45) is 7.05 Å². The van der Waals surface area contributed by atoms with Gasteiger partial charge < -0.3 is 9.55 Å². The van der Waals surface area contributed by atoms with E-state index >= 15 is 0 Å². The van der Waals surface area contributed by atoms with Crippen LogP contribution in [0.4, 0.5) is 0 Å². The molecular weight excluding hydrogens is 252 g/mol. The third-order valence-electron chi connectivity index (χ3n) is 3.00. The molecule has 94 valence electrons. The lowest BCUT2D eigenvalue weighted by atomic mass is 10.3. The molecule has 0 aromatic carbocycles. The molecule has 0 aliphatic carbocycles. The van der Waals surface area contributed by atoms with Crippen LogP contribution in [0.3, 0.4) is 0 Å². The van der Waals surface area contributed by atoms with Crippen molar-refractivity contribution in [2.45, 2.75) is 32.1 Å². The first-order valence-electron chi connectivity index (χ1n) is 5.75. The molecule has 2 aromatic heterocycles. The Labute approximate surface area is 110 Å². The van der Waals surface area contributed by atoms with Crippen LogP contribution >= 0.6 is 24.0 Å². The zero-order valence-corrected chi connectivity index (χ0v) is 12.3. The highest BCUT2D eigenvalue weighted by atomic mass is 32.2. The Bertz CT molecular complexity index is 578. The van der Waals surface area contributed by atoms with Gasteiger partial charge in [0.15, 0.2) is 10.4 Å². The topological polar surface area (TPSA) is 38.5 Å². The first kappa shape index (κ1) is 12.7. The molecule has 0 aliphatic rings. The van der Waals surface area contributed by atoms with Crippen LogP contribution in [0.15, 0.2) is 0 Å². The maximum Gasteiger partial charge on any atom is 0.179 e. The van der Waals surface area contributed by atoms with E-state index in [2.05, 4.69) is 34.8 Å². The Morgan fingerprint density at radius 3 is 2.82 bits per heavy atom. The average molecular weight is 270 g/mol. The molecule has 0 spiro atoms. The SMILES string of the molecule is CCc1nn(C)c2c1[nH]c(=S)n2CC(C)SC. The van der Waals surface area contributed by atoms with E-state index in [-0.39, 0.29) is 0 Å². The van der Waals surface area contributed by atoms with Crippen molar-refractivity contribution in [3.63, 3.8) is 0 Å². The number of aromatic nitrogens is 4. The molecule has 1 N–H and O–H groups in total. The van der Waals surface area contributed by atoms with Crippen molar-refractivity contribution in [3.05, 3.63) is 10.5 Å². The number of nitrogens with zero attached hydrogens (tertiary/aromatic N) is 3. The van der Waals surface area contributed by atoms with E-state index in [1.807, 2.05) is 23.5 Å². The van der Waals surface area contributed by atoms with Gasteiger partial charge in [-0.15, -0.1) is 0 Å². The van der Waals surface area contributed by atoms with Gasteiger partial charge in [0, 0.05) is 18.8 Å². The minimum Gasteiger partial charge on any atom is -0.328 e. The van der Waals surface area contributed by atoms with Crippen LogP contribution in [0.1, 0.15) is 19.5 Å². The second-order valence-corrected chi connectivity index (χ2v) is 5.87. The van der Waals surface area contributed by atoms with Gasteiger partial charge in [0.25, 0.3) is 0 Å². The number of aryl methyl sites for hydroxylation is 2. The fourth-order valence-corrected chi connectivity index (χ4v) is 2.59. The Kier molecular flexibility index (Phi) is 3.63. The number of rotatable bonds is 4. The summed E-state index contributed by atoms with van der Waals surface area (Å²) in [6.07, 6.45) is 3.05. The van der Waals surface area contributed by atoms with Crippen LogP contribution in [0.2, 0.25) is 0 Å². The fourth-order valence-electron chi connectivity index (χ4n) is 2.03. The van der Waals surface area contributed by atoms with Gasteiger partial charge in [0.1, 0.15) is 5.52 Å². The van der Waals surface area contributed by atoms with Gasteiger partial charge >= 0.3 is 0 Å². The van der Waals surface area contributed by atoms with Crippen LogP contribution < -0.4 is 0 Å². The Morgan fingerprint density at radius 2 is 2.24 bits per heavy atom. The van der Waals surface area contributed by atoms with Crippen LogP contribution in [-0.4, -0.2) is 30.8 Å². The number of fused-ring (bicyclic) bond motifs is 1. The van der Waals surface area contributed by atoms with E-state index < -0.39 is 0 Å². The van der Waals surface area contributed by atoms with Gasteiger partial charge in [-0.2, -0.15) is 16.9 Å². The third-order valence-corrected chi connectivity index (χ3v) is 4.28. The second-order valence-electron chi connectivity index (χ2n) is 4.21. The molecule has 2 heterocycles. The van der Waals surface area contributed by atoms with Crippen molar-refractivity contribution in [3.8, 4) is 0 Å². The normalized spacial score (nSPS) is 13.4. The predicted molar refractivity (Wildman–Crippen MR) is 76.2 cm³/mol. The summed E-state index contributed by atoms with van der Waals surface area (Å²) < 4.78 is 4.87. The molecule has 6 heteroatoms. The summed E-state index contributed by atoms with van der Waals surface area (Å²) in [5, 5.41) is 5.06. The molecule has 0 radical (unpaired) electrons. The number of aromatic amines is 1. The smallest absolute Gasteiger partial charge is 0.179 e. The van der Waals surface area contributed by atoms with E-state index in [0.717, 1.165) is 34.6 Å². The van der Waals surface area contributed by atoms with E-state index in [1.54, 1.807) is 0 Å². The number of nitrogens with one attached hydrogen (secondary N) is 1. The minimum atomic E-state index is 0.542. The van der Waals surface area contributed by atoms with E-state index in [9.17, 15) is 0 Å². The molecule has 4 nitrogen and oxygen atoms in total. The number of hydrogen-bond donors (Lipinski definition) is 1. The lowest BCUT2D eigenvalue weighted by molar-refractivity contribution is 0.660. The van der Waals surface area contributed by atoms with Gasteiger partial charge in [0.05, 0.1) is 5.69 Å². The van der Waals surface area contributed by atoms with Crippen molar-refractivity contribution in [2.75, 3.05) is 6.26 Å². The Morgan fingerprint density at radius 1 is 1.53 bits per heavy atom.